The minimum atomic E-state index is -0.286. The monoisotopic (exact) mass is 397 g/mol. The highest BCUT2D eigenvalue weighted by Gasteiger charge is 2.24. The third-order valence-corrected chi connectivity index (χ3v) is 5.26. The summed E-state index contributed by atoms with van der Waals surface area (Å²) >= 11 is 5.91. The number of pyridine rings is 2. The van der Waals surface area contributed by atoms with E-state index in [1.807, 2.05) is 24.0 Å². The van der Waals surface area contributed by atoms with Crippen molar-refractivity contribution in [3.63, 3.8) is 0 Å². The SMILES string of the molecule is Cc1ccc2c(=O)c(C=O)c(N3CCC(Oc4ccc(Cl)cc4)CC3)[nH]c2n1. The van der Waals surface area contributed by atoms with E-state index in [4.69, 9.17) is 16.3 Å². The summed E-state index contributed by atoms with van der Waals surface area (Å²) in [5, 5.41) is 1.10. The molecule has 0 spiro atoms. The number of aryl methyl sites for hydroxylation is 1. The first-order chi connectivity index (χ1) is 13.5. The number of rotatable bonds is 4. The first-order valence-electron chi connectivity index (χ1n) is 9.21. The molecule has 144 valence electrons. The molecule has 0 radical (unpaired) electrons. The van der Waals surface area contributed by atoms with Gasteiger partial charge in [-0.05, 0) is 43.3 Å². The molecule has 1 N–H and O–H groups in total. The number of hydrogen-bond acceptors (Lipinski definition) is 5. The standard InChI is InChI=1S/C21H20ClN3O3/c1-13-2-7-17-19(27)18(12-26)21(24-20(17)23-13)25-10-8-16(9-11-25)28-15-5-3-14(22)4-6-15/h2-7,12,16H,8-11H2,1H3,(H,23,24,27). The number of aldehydes is 1. The molecule has 6 nitrogen and oxygen atoms in total. The molecule has 1 saturated heterocycles. The van der Waals surface area contributed by atoms with Gasteiger partial charge < -0.3 is 14.6 Å². The molecule has 2 aromatic heterocycles. The Kier molecular flexibility index (Phi) is 5.05. The molecule has 1 aliphatic rings. The summed E-state index contributed by atoms with van der Waals surface area (Å²) in [5.41, 5.74) is 1.18. The number of benzene rings is 1. The van der Waals surface area contributed by atoms with Crippen LogP contribution in [-0.4, -0.2) is 35.4 Å². The summed E-state index contributed by atoms with van der Waals surface area (Å²) in [6.45, 7) is 3.21. The normalized spacial score (nSPS) is 15.0. The topological polar surface area (TPSA) is 75.3 Å². The van der Waals surface area contributed by atoms with E-state index < -0.39 is 0 Å². The van der Waals surface area contributed by atoms with Gasteiger partial charge in [-0.25, -0.2) is 4.98 Å². The maximum Gasteiger partial charge on any atom is 0.203 e. The maximum atomic E-state index is 12.7. The summed E-state index contributed by atoms with van der Waals surface area (Å²) in [7, 11) is 0. The lowest BCUT2D eigenvalue weighted by molar-refractivity contribution is 0.112. The zero-order chi connectivity index (χ0) is 19.7. The van der Waals surface area contributed by atoms with Gasteiger partial charge >= 0.3 is 0 Å². The Morgan fingerprint density at radius 3 is 2.57 bits per heavy atom. The highest BCUT2D eigenvalue weighted by Crippen LogP contribution is 2.25. The van der Waals surface area contributed by atoms with E-state index in [2.05, 4.69) is 9.97 Å². The van der Waals surface area contributed by atoms with Gasteiger partial charge in [0.15, 0.2) is 6.29 Å². The van der Waals surface area contributed by atoms with Crippen LogP contribution >= 0.6 is 11.6 Å². The van der Waals surface area contributed by atoms with E-state index in [1.165, 1.54) is 0 Å². The number of hydrogen-bond donors (Lipinski definition) is 1. The average Bonchev–Trinajstić information content (AvgIpc) is 2.70. The lowest BCUT2D eigenvalue weighted by atomic mass is 10.1. The van der Waals surface area contributed by atoms with Crippen molar-refractivity contribution in [2.24, 2.45) is 0 Å². The van der Waals surface area contributed by atoms with Gasteiger partial charge in [0.1, 0.15) is 28.9 Å². The van der Waals surface area contributed by atoms with Crippen molar-refractivity contribution in [2.75, 3.05) is 18.0 Å². The Balaban J connectivity index is 1.55. The first kappa shape index (κ1) is 18.5. The fourth-order valence-corrected chi connectivity index (χ4v) is 3.65. The van der Waals surface area contributed by atoms with Crippen molar-refractivity contribution in [1.29, 1.82) is 0 Å². The smallest absolute Gasteiger partial charge is 0.203 e. The van der Waals surface area contributed by atoms with Crippen molar-refractivity contribution < 1.29 is 9.53 Å². The molecule has 0 bridgehead atoms. The van der Waals surface area contributed by atoms with Crippen molar-refractivity contribution in [3.05, 3.63) is 62.9 Å². The van der Waals surface area contributed by atoms with Crippen LogP contribution in [-0.2, 0) is 0 Å². The molecule has 0 unspecified atom stereocenters. The summed E-state index contributed by atoms with van der Waals surface area (Å²) in [6, 6.07) is 10.8. The molecular weight excluding hydrogens is 378 g/mol. The minimum absolute atomic E-state index is 0.0738. The zero-order valence-electron chi connectivity index (χ0n) is 15.4. The summed E-state index contributed by atoms with van der Waals surface area (Å²) < 4.78 is 6.02. The number of carbonyl (C=O) groups excluding carboxylic acids is 1. The van der Waals surface area contributed by atoms with E-state index in [0.717, 1.165) is 24.3 Å². The molecule has 7 heteroatoms. The number of aromatic nitrogens is 2. The lowest BCUT2D eigenvalue weighted by Gasteiger charge is -2.34. The highest BCUT2D eigenvalue weighted by molar-refractivity contribution is 6.30. The van der Waals surface area contributed by atoms with Crippen LogP contribution in [0, 0.1) is 6.92 Å². The van der Waals surface area contributed by atoms with Crippen molar-refractivity contribution in [2.45, 2.75) is 25.9 Å². The Hall–Kier alpha value is -2.86. The number of nitrogens with one attached hydrogen (secondary N) is 1. The third-order valence-electron chi connectivity index (χ3n) is 5.01. The molecule has 3 heterocycles. The van der Waals surface area contributed by atoms with Crippen LogP contribution in [0.5, 0.6) is 5.75 Å². The Bertz CT molecular complexity index is 1070. The van der Waals surface area contributed by atoms with Crippen molar-refractivity contribution in [3.8, 4) is 5.75 Å². The van der Waals surface area contributed by atoms with Crippen LogP contribution in [0.15, 0.2) is 41.2 Å². The summed E-state index contributed by atoms with van der Waals surface area (Å²) in [5.74, 6) is 1.32. The fourth-order valence-electron chi connectivity index (χ4n) is 3.53. The molecule has 1 aliphatic heterocycles. The summed E-state index contributed by atoms with van der Waals surface area (Å²) in [4.78, 5) is 34.0. The number of piperidine rings is 1. The van der Waals surface area contributed by atoms with Gasteiger partial charge in [0.2, 0.25) is 5.43 Å². The van der Waals surface area contributed by atoms with Gasteiger partial charge in [0.25, 0.3) is 0 Å². The molecule has 1 aromatic carbocycles. The quantitative estimate of drug-likeness (QED) is 0.678. The molecule has 3 aromatic rings. The molecule has 28 heavy (non-hydrogen) atoms. The molecule has 4 rings (SSSR count). The van der Waals surface area contributed by atoms with Gasteiger partial charge in [-0.15, -0.1) is 0 Å². The van der Waals surface area contributed by atoms with Crippen molar-refractivity contribution >= 4 is 34.7 Å². The first-order valence-corrected chi connectivity index (χ1v) is 9.59. The van der Waals surface area contributed by atoms with E-state index in [9.17, 15) is 9.59 Å². The Morgan fingerprint density at radius 2 is 1.89 bits per heavy atom. The van der Waals surface area contributed by atoms with Gasteiger partial charge in [0, 0.05) is 36.6 Å². The van der Waals surface area contributed by atoms with Crippen LogP contribution in [0.4, 0.5) is 5.82 Å². The second-order valence-electron chi connectivity index (χ2n) is 6.94. The molecule has 0 amide bonds. The largest absolute Gasteiger partial charge is 0.490 e. The molecule has 0 atom stereocenters. The maximum absolute atomic E-state index is 12.7. The number of H-pyrrole nitrogens is 1. The number of halogens is 1. The highest BCUT2D eigenvalue weighted by atomic mass is 35.5. The average molecular weight is 398 g/mol. The number of fused-ring (bicyclic) bond motifs is 1. The predicted octanol–water partition coefficient (Wildman–Crippen LogP) is 3.75. The van der Waals surface area contributed by atoms with E-state index in [1.54, 1.807) is 24.3 Å². The molecule has 0 aliphatic carbocycles. The van der Waals surface area contributed by atoms with Gasteiger partial charge in [0.05, 0.1) is 5.39 Å². The van der Waals surface area contributed by atoms with E-state index in [-0.39, 0.29) is 17.1 Å². The molecular formula is C21H20ClN3O3. The number of nitrogens with zero attached hydrogens (tertiary/aromatic N) is 2. The van der Waals surface area contributed by atoms with Crippen LogP contribution in [0.1, 0.15) is 28.9 Å². The number of carbonyl (C=O) groups is 1. The lowest BCUT2D eigenvalue weighted by Crippen LogP contribution is -2.40. The van der Waals surface area contributed by atoms with Crippen LogP contribution in [0.2, 0.25) is 5.02 Å². The Labute approximate surface area is 167 Å². The van der Waals surface area contributed by atoms with Crippen LogP contribution in [0.3, 0.4) is 0 Å². The minimum Gasteiger partial charge on any atom is -0.490 e. The van der Waals surface area contributed by atoms with Gasteiger partial charge in [-0.1, -0.05) is 11.6 Å². The van der Waals surface area contributed by atoms with Gasteiger partial charge in [-0.3, -0.25) is 9.59 Å². The number of anilines is 1. The molecule has 1 fully saturated rings. The van der Waals surface area contributed by atoms with Crippen LogP contribution in [0.25, 0.3) is 11.0 Å². The van der Waals surface area contributed by atoms with E-state index in [0.29, 0.717) is 41.2 Å². The zero-order valence-corrected chi connectivity index (χ0v) is 16.2. The third kappa shape index (κ3) is 3.60. The predicted molar refractivity (Wildman–Crippen MR) is 110 cm³/mol. The second kappa shape index (κ2) is 7.64. The number of aromatic amines is 1. The Morgan fingerprint density at radius 1 is 1.18 bits per heavy atom. The van der Waals surface area contributed by atoms with E-state index >= 15 is 0 Å². The fraction of sp³-hybridized carbons (Fsp3) is 0.286. The number of ether oxygens (including phenoxy) is 1. The molecule has 0 saturated carbocycles. The van der Waals surface area contributed by atoms with Gasteiger partial charge in [-0.2, -0.15) is 0 Å². The van der Waals surface area contributed by atoms with Crippen LogP contribution < -0.4 is 15.1 Å². The van der Waals surface area contributed by atoms with Crippen molar-refractivity contribution in [1.82, 2.24) is 9.97 Å². The second-order valence-corrected chi connectivity index (χ2v) is 7.38. The summed E-state index contributed by atoms with van der Waals surface area (Å²) in [6.07, 6.45) is 2.26.